The normalized spacial score (nSPS) is 40.5. The molecule has 0 spiro atoms. The van der Waals surface area contributed by atoms with Crippen molar-refractivity contribution in [1.29, 1.82) is 0 Å². The molecule has 1 aliphatic heterocycles. The van der Waals surface area contributed by atoms with Gasteiger partial charge in [0, 0.05) is 25.0 Å². The Hall–Kier alpha value is -1.10. The first-order valence-corrected chi connectivity index (χ1v) is 8.17. The van der Waals surface area contributed by atoms with Crippen LogP contribution in [-0.2, 0) is 0 Å². The van der Waals surface area contributed by atoms with Crippen molar-refractivity contribution in [2.75, 3.05) is 18.0 Å². The number of hydrogen-bond acceptors (Lipinski definition) is 4. The van der Waals surface area contributed by atoms with Gasteiger partial charge in [-0.15, -0.1) is 5.10 Å². The summed E-state index contributed by atoms with van der Waals surface area (Å²) in [5.74, 6) is 5.03. The molecule has 110 valence electrons. The summed E-state index contributed by atoms with van der Waals surface area (Å²) in [6, 6.07) is 0.245. The van der Waals surface area contributed by atoms with E-state index >= 15 is 0 Å². The van der Waals surface area contributed by atoms with Crippen molar-refractivity contribution in [3.63, 3.8) is 0 Å². The van der Waals surface area contributed by atoms with E-state index in [-0.39, 0.29) is 6.04 Å². The molecule has 3 fully saturated rings. The summed E-state index contributed by atoms with van der Waals surface area (Å²) in [6.45, 7) is 4.15. The highest BCUT2D eigenvalue weighted by atomic mass is 15.4. The molecule has 5 nitrogen and oxygen atoms in total. The summed E-state index contributed by atoms with van der Waals surface area (Å²) in [6.07, 6.45) is 6.71. The van der Waals surface area contributed by atoms with Crippen molar-refractivity contribution in [1.82, 2.24) is 15.2 Å². The van der Waals surface area contributed by atoms with Gasteiger partial charge in [0.1, 0.15) is 5.82 Å². The minimum absolute atomic E-state index is 0.245. The van der Waals surface area contributed by atoms with Crippen molar-refractivity contribution in [3.8, 4) is 0 Å². The van der Waals surface area contributed by atoms with Crippen LogP contribution in [0.15, 0.2) is 0 Å². The minimum atomic E-state index is 0.245. The van der Waals surface area contributed by atoms with Crippen LogP contribution >= 0.6 is 0 Å². The van der Waals surface area contributed by atoms with Crippen molar-refractivity contribution in [3.05, 3.63) is 5.82 Å². The van der Waals surface area contributed by atoms with E-state index in [9.17, 15) is 0 Å². The maximum atomic E-state index is 6.17. The monoisotopic (exact) mass is 275 g/mol. The second kappa shape index (κ2) is 4.72. The average molecular weight is 275 g/mol. The smallest absolute Gasteiger partial charge is 0.244 e. The third kappa shape index (κ3) is 2.03. The first-order valence-electron chi connectivity index (χ1n) is 8.17. The van der Waals surface area contributed by atoms with Gasteiger partial charge in [0.2, 0.25) is 5.95 Å². The molecule has 1 saturated heterocycles. The molecule has 4 unspecified atom stereocenters. The van der Waals surface area contributed by atoms with Crippen molar-refractivity contribution >= 4 is 5.95 Å². The first kappa shape index (κ1) is 12.6. The zero-order valence-electron chi connectivity index (χ0n) is 12.3. The molecule has 4 atom stereocenters. The summed E-state index contributed by atoms with van der Waals surface area (Å²) >= 11 is 0. The van der Waals surface area contributed by atoms with Crippen LogP contribution in [0.25, 0.3) is 0 Å². The van der Waals surface area contributed by atoms with E-state index in [1.165, 1.54) is 25.7 Å². The van der Waals surface area contributed by atoms with E-state index in [1.54, 1.807) is 0 Å². The number of hydrogen-bond donors (Lipinski definition) is 2. The van der Waals surface area contributed by atoms with Crippen LogP contribution in [0.3, 0.4) is 0 Å². The number of H-pyrrole nitrogens is 1. The predicted molar refractivity (Wildman–Crippen MR) is 78.5 cm³/mol. The number of aromatic nitrogens is 3. The SMILES string of the molecule is CC1CCN(c2n[nH]c(C3C4CCCCC43)n2)CC1N. The second-order valence-corrected chi connectivity index (χ2v) is 7.03. The molecule has 20 heavy (non-hydrogen) atoms. The molecule has 0 bridgehead atoms. The van der Waals surface area contributed by atoms with E-state index < -0.39 is 0 Å². The maximum Gasteiger partial charge on any atom is 0.244 e. The van der Waals surface area contributed by atoms with Crippen molar-refractivity contribution in [2.24, 2.45) is 23.5 Å². The van der Waals surface area contributed by atoms with E-state index in [2.05, 4.69) is 22.0 Å². The van der Waals surface area contributed by atoms with E-state index in [1.807, 2.05) is 0 Å². The highest BCUT2D eigenvalue weighted by Crippen LogP contribution is 2.60. The van der Waals surface area contributed by atoms with Crippen LogP contribution in [0.5, 0.6) is 0 Å². The molecule has 4 rings (SSSR count). The van der Waals surface area contributed by atoms with Gasteiger partial charge in [-0.1, -0.05) is 19.8 Å². The fraction of sp³-hybridized carbons (Fsp3) is 0.867. The van der Waals surface area contributed by atoms with Crippen LogP contribution in [-0.4, -0.2) is 34.3 Å². The number of aromatic amines is 1. The summed E-state index contributed by atoms with van der Waals surface area (Å²) in [5.41, 5.74) is 6.17. The number of rotatable bonds is 2. The molecule has 3 N–H and O–H groups in total. The Morgan fingerprint density at radius 3 is 2.65 bits per heavy atom. The first-order chi connectivity index (χ1) is 9.74. The zero-order chi connectivity index (χ0) is 13.7. The second-order valence-electron chi connectivity index (χ2n) is 7.03. The van der Waals surface area contributed by atoms with Crippen LogP contribution in [0.4, 0.5) is 5.95 Å². The average Bonchev–Trinajstić information content (AvgIpc) is 2.99. The molecule has 1 aromatic rings. The van der Waals surface area contributed by atoms with Crippen LogP contribution in [0.1, 0.15) is 50.8 Å². The Morgan fingerprint density at radius 2 is 1.95 bits per heavy atom. The van der Waals surface area contributed by atoms with Gasteiger partial charge in [0.05, 0.1) is 0 Å². The zero-order valence-corrected chi connectivity index (χ0v) is 12.3. The Kier molecular flexibility index (Phi) is 2.98. The van der Waals surface area contributed by atoms with Gasteiger partial charge in [-0.2, -0.15) is 4.98 Å². The molecular weight excluding hydrogens is 250 g/mol. The number of nitrogens with one attached hydrogen (secondary N) is 1. The molecule has 2 saturated carbocycles. The van der Waals surface area contributed by atoms with Gasteiger partial charge in [-0.3, -0.25) is 5.10 Å². The molecule has 1 aromatic heterocycles. The quantitative estimate of drug-likeness (QED) is 0.864. The van der Waals surface area contributed by atoms with Crippen LogP contribution in [0.2, 0.25) is 0 Å². The summed E-state index contributed by atoms with van der Waals surface area (Å²) in [7, 11) is 0. The van der Waals surface area contributed by atoms with E-state index in [0.29, 0.717) is 11.8 Å². The Bertz CT molecular complexity index is 472. The molecule has 0 radical (unpaired) electrons. The van der Waals surface area contributed by atoms with Gasteiger partial charge in [-0.25, -0.2) is 0 Å². The van der Waals surface area contributed by atoms with Crippen molar-refractivity contribution < 1.29 is 0 Å². The molecular formula is C15H25N5. The maximum absolute atomic E-state index is 6.17. The number of piperidine rings is 1. The lowest BCUT2D eigenvalue weighted by molar-refractivity contribution is 0.376. The lowest BCUT2D eigenvalue weighted by Gasteiger charge is -2.34. The molecule has 5 heteroatoms. The Labute approximate surface area is 120 Å². The third-order valence-electron chi connectivity index (χ3n) is 5.76. The molecule has 2 aliphatic carbocycles. The Morgan fingerprint density at radius 1 is 1.20 bits per heavy atom. The summed E-state index contributed by atoms with van der Waals surface area (Å²) < 4.78 is 0. The van der Waals surface area contributed by atoms with E-state index in [0.717, 1.165) is 43.1 Å². The molecule has 3 aliphatic rings. The van der Waals surface area contributed by atoms with Gasteiger partial charge in [0.15, 0.2) is 0 Å². The van der Waals surface area contributed by atoms with Crippen LogP contribution in [0, 0.1) is 17.8 Å². The van der Waals surface area contributed by atoms with Crippen molar-refractivity contribution in [2.45, 2.75) is 51.0 Å². The van der Waals surface area contributed by atoms with Gasteiger partial charge < -0.3 is 10.6 Å². The van der Waals surface area contributed by atoms with Crippen LogP contribution < -0.4 is 10.6 Å². The van der Waals surface area contributed by atoms with Gasteiger partial charge >= 0.3 is 0 Å². The number of anilines is 1. The third-order valence-corrected chi connectivity index (χ3v) is 5.76. The summed E-state index contributed by atoms with van der Waals surface area (Å²) in [5, 5.41) is 7.66. The molecule has 2 heterocycles. The Balaban J connectivity index is 1.46. The fourth-order valence-corrected chi connectivity index (χ4v) is 4.23. The highest BCUT2D eigenvalue weighted by molar-refractivity contribution is 5.32. The lowest BCUT2D eigenvalue weighted by atomic mass is 9.95. The van der Waals surface area contributed by atoms with Gasteiger partial charge in [-0.05, 0) is 37.0 Å². The minimum Gasteiger partial charge on any atom is -0.338 e. The lowest BCUT2D eigenvalue weighted by Crippen LogP contribution is -2.48. The summed E-state index contributed by atoms with van der Waals surface area (Å²) in [4.78, 5) is 7.03. The number of fused-ring (bicyclic) bond motifs is 1. The fourth-order valence-electron chi connectivity index (χ4n) is 4.23. The highest BCUT2D eigenvalue weighted by Gasteiger charge is 2.53. The van der Waals surface area contributed by atoms with E-state index in [4.69, 9.17) is 10.7 Å². The largest absolute Gasteiger partial charge is 0.338 e. The molecule has 0 amide bonds. The predicted octanol–water partition coefficient (Wildman–Crippen LogP) is 1.88. The number of nitrogens with two attached hydrogens (primary N) is 1. The molecule has 0 aromatic carbocycles. The number of nitrogens with zero attached hydrogens (tertiary/aromatic N) is 3. The van der Waals surface area contributed by atoms with Gasteiger partial charge in [0.25, 0.3) is 0 Å². The topological polar surface area (TPSA) is 70.8 Å². The standard InChI is InChI=1S/C15H25N5/c1-9-6-7-20(8-12(9)16)15-17-14(18-19-15)13-10-4-2-3-5-11(10)13/h9-13H,2-8,16H2,1H3,(H,17,18,19).